The fourth-order valence-electron chi connectivity index (χ4n) is 3.85. The summed E-state index contributed by atoms with van der Waals surface area (Å²) in [4.78, 5) is 0. The molecule has 2 heteroatoms. The Bertz CT molecular complexity index is 476. The molecule has 2 saturated carbocycles. The standard InChI is InChI=1S/C19H28ClN/c1-19(2)10-9-15(13-21-17-7-8-17)16(12-19)11-14-5-3-4-6-18(14)20/h3-6,15-17,21H,7-13H2,1-2H3. The molecule has 21 heavy (non-hydrogen) atoms. The average Bonchev–Trinajstić information content (AvgIpc) is 3.24. The highest BCUT2D eigenvalue weighted by molar-refractivity contribution is 6.31. The molecule has 1 aromatic carbocycles. The topological polar surface area (TPSA) is 12.0 Å². The molecule has 0 aliphatic heterocycles. The summed E-state index contributed by atoms with van der Waals surface area (Å²) >= 11 is 6.38. The maximum Gasteiger partial charge on any atom is 0.0438 e. The molecule has 2 atom stereocenters. The van der Waals surface area contributed by atoms with Crippen molar-refractivity contribution in [3.63, 3.8) is 0 Å². The van der Waals surface area contributed by atoms with Crippen LogP contribution in [0.5, 0.6) is 0 Å². The Morgan fingerprint density at radius 1 is 1.14 bits per heavy atom. The van der Waals surface area contributed by atoms with Gasteiger partial charge in [0.25, 0.3) is 0 Å². The van der Waals surface area contributed by atoms with Crippen LogP contribution in [-0.4, -0.2) is 12.6 Å². The first-order valence-electron chi connectivity index (χ1n) is 8.50. The van der Waals surface area contributed by atoms with Crippen molar-refractivity contribution in [2.45, 2.75) is 58.4 Å². The van der Waals surface area contributed by atoms with Crippen molar-refractivity contribution in [3.8, 4) is 0 Å². The van der Waals surface area contributed by atoms with E-state index in [1.165, 1.54) is 44.2 Å². The van der Waals surface area contributed by atoms with Crippen LogP contribution in [0.1, 0.15) is 51.5 Å². The molecular weight excluding hydrogens is 278 g/mol. The maximum absolute atomic E-state index is 6.38. The van der Waals surface area contributed by atoms with E-state index < -0.39 is 0 Å². The minimum absolute atomic E-state index is 0.488. The van der Waals surface area contributed by atoms with E-state index >= 15 is 0 Å². The summed E-state index contributed by atoms with van der Waals surface area (Å²) in [5.74, 6) is 1.58. The van der Waals surface area contributed by atoms with Gasteiger partial charge >= 0.3 is 0 Å². The summed E-state index contributed by atoms with van der Waals surface area (Å²) in [5, 5.41) is 4.69. The van der Waals surface area contributed by atoms with E-state index in [9.17, 15) is 0 Å². The van der Waals surface area contributed by atoms with E-state index in [2.05, 4.69) is 31.3 Å². The van der Waals surface area contributed by atoms with Gasteiger partial charge in [-0.05, 0) is 74.0 Å². The lowest BCUT2D eigenvalue weighted by Crippen LogP contribution is -2.37. The van der Waals surface area contributed by atoms with Crippen molar-refractivity contribution in [2.75, 3.05) is 6.54 Å². The quantitative estimate of drug-likeness (QED) is 0.800. The van der Waals surface area contributed by atoms with Gasteiger partial charge in [-0.2, -0.15) is 0 Å². The maximum atomic E-state index is 6.38. The van der Waals surface area contributed by atoms with Crippen LogP contribution >= 0.6 is 11.6 Å². The van der Waals surface area contributed by atoms with Gasteiger partial charge in [0.05, 0.1) is 0 Å². The van der Waals surface area contributed by atoms with Crippen molar-refractivity contribution in [3.05, 3.63) is 34.9 Å². The largest absolute Gasteiger partial charge is 0.314 e. The minimum Gasteiger partial charge on any atom is -0.314 e. The van der Waals surface area contributed by atoms with E-state index in [1.807, 2.05) is 12.1 Å². The van der Waals surface area contributed by atoms with Crippen molar-refractivity contribution in [2.24, 2.45) is 17.3 Å². The van der Waals surface area contributed by atoms with Gasteiger partial charge in [-0.25, -0.2) is 0 Å². The van der Waals surface area contributed by atoms with Crippen LogP contribution in [0.3, 0.4) is 0 Å². The zero-order valence-electron chi connectivity index (χ0n) is 13.4. The second-order valence-corrected chi connectivity index (χ2v) is 8.31. The monoisotopic (exact) mass is 305 g/mol. The zero-order chi connectivity index (χ0) is 14.9. The smallest absolute Gasteiger partial charge is 0.0438 e. The fraction of sp³-hybridized carbons (Fsp3) is 0.684. The number of halogens is 1. The van der Waals surface area contributed by atoms with Crippen LogP contribution in [-0.2, 0) is 6.42 Å². The molecule has 0 radical (unpaired) electrons. The van der Waals surface area contributed by atoms with Gasteiger partial charge in [-0.1, -0.05) is 43.6 Å². The molecule has 1 aromatic rings. The lowest BCUT2D eigenvalue weighted by Gasteiger charge is -2.41. The summed E-state index contributed by atoms with van der Waals surface area (Å²) in [5.41, 5.74) is 1.82. The Morgan fingerprint density at radius 2 is 1.90 bits per heavy atom. The molecule has 0 amide bonds. The Balaban J connectivity index is 1.68. The molecule has 1 N–H and O–H groups in total. The molecule has 1 nitrogen and oxygen atoms in total. The zero-order valence-corrected chi connectivity index (χ0v) is 14.1. The van der Waals surface area contributed by atoms with Crippen LogP contribution in [0.2, 0.25) is 5.02 Å². The molecule has 0 spiro atoms. The molecule has 2 aliphatic rings. The lowest BCUT2D eigenvalue weighted by molar-refractivity contribution is 0.116. The van der Waals surface area contributed by atoms with Crippen LogP contribution < -0.4 is 5.32 Å². The number of benzene rings is 1. The minimum atomic E-state index is 0.488. The van der Waals surface area contributed by atoms with Crippen LogP contribution in [0.25, 0.3) is 0 Å². The van der Waals surface area contributed by atoms with Gasteiger partial charge in [0.2, 0.25) is 0 Å². The molecular formula is C19H28ClN. The second-order valence-electron chi connectivity index (χ2n) is 7.91. The number of hydrogen-bond donors (Lipinski definition) is 1. The van der Waals surface area contributed by atoms with Crippen molar-refractivity contribution in [1.82, 2.24) is 5.32 Å². The first kappa shape index (κ1) is 15.4. The molecule has 2 aliphatic carbocycles. The van der Waals surface area contributed by atoms with Crippen LogP contribution in [0.4, 0.5) is 0 Å². The predicted octanol–water partition coefficient (Wildman–Crippen LogP) is 5.08. The van der Waals surface area contributed by atoms with Crippen LogP contribution in [0.15, 0.2) is 24.3 Å². The normalized spacial score (nSPS) is 28.5. The summed E-state index contributed by atoms with van der Waals surface area (Å²) in [6.07, 6.45) is 7.96. The van der Waals surface area contributed by atoms with Gasteiger partial charge in [-0.3, -0.25) is 0 Å². The molecule has 116 valence electrons. The van der Waals surface area contributed by atoms with Gasteiger partial charge in [0.1, 0.15) is 0 Å². The molecule has 0 aromatic heterocycles. The van der Waals surface area contributed by atoms with E-state index in [0.717, 1.165) is 29.3 Å². The summed E-state index contributed by atoms with van der Waals surface area (Å²) < 4.78 is 0. The third-order valence-corrected chi connectivity index (χ3v) is 5.73. The number of nitrogens with one attached hydrogen (secondary N) is 1. The number of hydrogen-bond acceptors (Lipinski definition) is 1. The van der Waals surface area contributed by atoms with Crippen molar-refractivity contribution < 1.29 is 0 Å². The molecule has 3 rings (SSSR count). The molecule has 2 unspecified atom stereocenters. The van der Waals surface area contributed by atoms with E-state index in [1.54, 1.807) is 0 Å². The van der Waals surface area contributed by atoms with Gasteiger partial charge < -0.3 is 5.32 Å². The fourth-order valence-corrected chi connectivity index (χ4v) is 4.06. The van der Waals surface area contributed by atoms with Crippen molar-refractivity contribution >= 4 is 11.6 Å². The van der Waals surface area contributed by atoms with Crippen molar-refractivity contribution in [1.29, 1.82) is 0 Å². The highest BCUT2D eigenvalue weighted by Gasteiger charge is 2.35. The molecule has 0 heterocycles. The Kier molecular flexibility index (Phi) is 4.61. The Morgan fingerprint density at radius 3 is 2.62 bits per heavy atom. The van der Waals surface area contributed by atoms with Crippen LogP contribution in [0, 0.1) is 17.3 Å². The third kappa shape index (κ3) is 4.23. The third-order valence-electron chi connectivity index (χ3n) is 5.36. The average molecular weight is 306 g/mol. The molecule has 0 saturated heterocycles. The SMILES string of the molecule is CC1(C)CCC(CNC2CC2)C(Cc2ccccc2Cl)C1. The van der Waals surface area contributed by atoms with Gasteiger partial charge in [0, 0.05) is 11.1 Å². The predicted molar refractivity (Wildman–Crippen MR) is 90.8 cm³/mol. The highest BCUT2D eigenvalue weighted by Crippen LogP contribution is 2.43. The van der Waals surface area contributed by atoms with Gasteiger partial charge in [0.15, 0.2) is 0 Å². The second kappa shape index (κ2) is 6.30. The van der Waals surface area contributed by atoms with Gasteiger partial charge in [-0.15, -0.1) is 0 Å². The number of rotatable bonds is 5. The highest BCUT2D eigenvalue weighted by atomic mass is 35.5. The first-order chi connectivity index (χ1) is 10.0. The molecule has 0 bridgehead atoms. The summed E-state index contributed by atoms with van der Waals surface area (Å²) in [6.45, 7) is 6.06. The van der Waals surface area contributed by atoms with E-state index in [4.69, 9.17) is 11.6 Å². The lowest BCUT2D eigenvalue weighted by atomic mass is 9.65. The Labute approximate surface area is 134 Å². The Hall–Kier alpha value is -0.530. The van der Waals surface area contributed by atoms with E-state index in [-0.39, 0.29) is 0 Å². The molecule has 2 fully saturated rings. The summed E-state index contributed by atoms with van der Waals surface area (Å²) in [6, 6.07) is 9.20. The first-order valence-corrected chi connectivity index (χ1v) is 8.88. The summed E-state index contributed by atoms with van der Waals surface area (Å²) in [7, 11) is 0. The van der Waals surface area contributed by atoms with E-state index in [0.29, 0.717) is 5.41 Å².